The highest BCUT2D eigenvalue weighted by atomic mass is 19.1. The number of methoxy groups -OCH3 is 1. The third-order valence-corrected chi connectivity index (χ3v) is 6.84. The van der Waals surface area contributed by atoms with E-state index >= 15 is 0 Å². The van der Waals surface area contributed by atoms with Gasteiger partial charge in [0.05, 0.1) is 12.6 Å². The van der Waals surface area contributed by atoms with E-state index in [1.165, 1.54) is 31.4 Å². The Bertz CT molecular complexity index is 1100. The predicted octanol–water partition coefficient (Wildman–Crippen LogP) is 6.93. The van der Waals surface area contributed by atoms with Crippen LogP contribution >= 0.6 is 0 Å². The van der Waals surface area contributed by atoms with Gasteiger partial charge in [0.2, 0.25) is 0 Å². The molecule has 4 rings (SSSR count). The molecule has 1 atom stereocenters. The van der Waals surface area contributed by atoms with Crippen LogP contribution in [0.3, 0.4) is 0 Å². The molecule has 1 aromatic heterocycles. The second-order valence-electron chi connectivity index (χ2n) is 9.34. The van der Waals surface area contributed by atoms with E-state index in [1.54, 1.807) is 18.1 Å². The van der Waals surface area contributed by atoms with Crippen LogP contribution in [-0.4, -0.2) is 31.5 Å². The third-order valence-electron chi connectivity index (χ3n) is 6.84. The van der Waals surface area contributed by atoms with Gasteiger partial charge in [-0.05, 0) is 67.6 Å². The zero-order valence-electron chi connectivity index (χ0n) is 20.4. The van der Waals surface area contributed by atoms with E-state index in [2.05, 4.69) is 12.2 Å². The second-order valence-corrected chi connectivity index (χ2v) is 9.34. The Morgan fingerprint density at radius 1 is 1.18 bits per heavy atom. The minimum absolute atomic E-state index is 0.0268. The van der Waals surface area contributed by atoms with E-state index in [-0.39, 0.29) is 17.8 Å². The molecule has 1 saturated carbocycles. The van der Waals surface area contributed by atoms with Crippen molar-refractivity contribution in [2.45, 2.75) is 58.1 Å². The van der Waals surface area contributed by atoms with Gasteiger partial charge in [-0.1, -0.05) is 26.2 Å². The van der Waals surface area contributed by atoms with Crippen molar-refractivity contribution in [3.05, 3.63) is 65.2 Å². The molecule has 5 nitrogen and oxygen atoms in total. The van der Waals surface area contributed by atoms with E-state index in [0.29, 0.717) is 23.7 Å². The summed E-state index contributed by atoms with van der Waals surface area (Å²) in [4.78, 5) is 14.4. The maximum atomic E-state index is 14.0. The number of carbonyl (C=O) groups excluding carboxylic acids is 1. The Labute approximate surface area is 201 Å². The summed E-state index contributed by atoms with van der Waals surface area (Å²) in [7, 11) is 3.48. The number of anilines is 1. The highest BCUT2D eigenvalue weighted by molar-refractivity contribution is 5.94. The van der Waals surface area contributed by atoms with Gasteiger partial charge in [0.15, 0.2) is 0 Å². The van der Waals surface area contributed by atoms with Gasteiger partial charge in [-0.2, -0.15) is 0 Å². The van der Waals surface area contributed by atoms with Gasteiger partial charge in [-0.15, -0.1) is 0 Å². The molecule has 3 aromatic rings. The fraction of sp³-hybridized carbons (Fsp3) is 0.464. The predicted molar refractivity (Wildman–Crippen MR) is 134 cm³/mol. The lowest BCUT2D eigenvalue weighted by molar-refractivity contribution is 0.0795. The summed E-state index contributed by atoms with van der Waals surface area (Å²) >= 11 is 0. The molecule has 0 aliphatic heterocycles. The van der Waals surface area contributed by atoms with Crippen LogP contribution in [-0.2, 0) is 11.3 Å². The lowest BCUT2D eigenvalue weighted by Crippen LogP contribution is -2.27. The number of amides is 1. The number of benzene rings is 2. The summed E-state index contributed by atoms with van der Waals surface area (Å²) in [6.07, 6.45) is 6.77. The Kier molecular flexibility index (Phi) is 7.88. The quantitative estimate of drug-likeness (QED) is 0.371. The maximum absolute atomic E-state index is 14.0. The first kappa shape index (κ1) is 24.3. The van der Waals surface area contributed by atoms with Gasteiger partial charge in [-0.25, -0.2) is 4.39 Å². The number of hydrogen-bond donors (Lipinski definition) is 1. The number of hydrogen-bond acceptors (Lipinski definition) is 4. The minimum Gasteiger partial charge on any atom is -0.458 e. The lowest BCUT2D eigenvalue weighted by Gasteiger charge is -2.31. The number of ether oxygens (including phenoxy) is 1. The minimum atomic E-state index is -0.285. The first-order chi connectivity index (χ1) is 16.5. The molecule has 182 valence electrons. The molecule has 0 spiro atoms. The van der Waals surface area contributed by atoms with Crippen LogP contribution in [0.15, 0.2) is 46.9 Å². The first-order valence-electron chi connectivity index (χ1n) is 12.3. The number of fused-ring (bicyclic) bond motifs is 1. The molecule has 0 saturated heterocycles. The number of nitrogens with zero attached hydrogens (tertiary/aromatic N) is 1. The summed E-state index contributed by atoms with van der Waals surface area (Å²) in [5.41, 5.74) is 3.18. The standard InChI is InChI=1S/C28H35FN2O3/c1-4-16-31(2)28(32)20-10-13-22(14-11-20)30-26(19-8-6-5-7-9-19)27-24(18-33-3)23-17-21(29)12-15-25(23)34-27/h10-15,17,19,26,30H,4-9,16,18H2,1-3H3. The molecule has 1 unspecified atom stereocenters. The van der Waals surface area contributed by atoms with Crippen LogP contribution in [0.4, 0.5) is 10.1 Å². The van der Waals surface area contributed by atoms with Gasteiger partial charge < -0.3 is 19.4 Å². The van der Waals surface area contributed by atoms with Crippen LogP contribution in [0.5, 0.6) is 0 Å². The summed E-state index contributed by atoms with van der Waals surface area (Å²) < 4.78 is 25.9. The summed E-state index contributed by atoms with van der Waals surface area (Å²) in [6.45, 7) is 3.15. The summed E-state index contributed by atoms with van der Waals surface area (Å²) in [5.74, 6) is 0.954. The fourth-order valence-electron chi connectivity index (χ4n) is 5.10. The van der Waals surface area contributed by atoms with E-state index < -0.39 is 0 Å². The van der Waals surface area contributed by atoms with E-state index in [9.17, 15) is 9.18 Å². The smallest absolute Gasteiger partial charge is 0.253 e. The lowest BCUT2D eigenvalue weighted by atomic mass is 9.82. The Hall–Kier alpha value is -2.86. The van der Waals surface area contributed by atoms with Crippen molar-refractivity contribution >= 4 is 22.6 Å². The molecule has 6 heteroatoms. The molecular formula is C28H35FN2O3. The second kappa shape index (κ2) is 11.0. The van der Waals surface area contributed by atoms with Crippen LogP contribution in [0.2, 0.25) is 0 Å². The number of furan rings is 1. The van der Waals surface area contributed by atoms with Crippen molar-refractivity contribution in [2.24, 2.45) is 5.92 Å². The van der Waals surface area contributed by atoms with Crippen molar-refractivity contribution in [1.82, 2.24) is 4.90 Å². The third kappa shape index (κ3) is 5.27. The normalized spacial score (nSPS) is 15.4. The van der Waals surface area contributed by atoms with E-state index in [4.69, 9.17) is 9.15 Å². The number of carbonyl (C=O) groups is 1. The van der Waals surface area contributed by atoms with E-state index in [1.807, 2.05) is 31.3 Å². The molecule has 1 aliphatic rings. The summed E-state index contributed by atoms with van der Waals surface area (Å²) in [6, 6.07) is 12.3. The van der Waals surface area contributed by atoms with Crippen LogP contribution in [0, 0.1) is 11.7 Å². The average molecular weight is 467 g/mol. The first-order valence-corrected chi connectivity index (χ1v) is 12.3. The maximum Gasteiger partial charge on any atom is 0.253 e. The van der Waals surface area contributed by atoms with E-state index in [0.717, 1.165) is 48.2 Å². The average Bonchev–Trinajstić information content (AvgIpc) is 3.20. The highest BCUT2D eigenvalue weighted by Crippen LogP contribution is 2.41. The van der Waals surface area contributed by atoms with Crippen LogP contribution in [0.1, 0.15) is 73.2 Å². The largest absolute Gasteiger partial charge is 0.458 e. The van der Waals surface area contributed by atoms with Gasteiger partial charge in [-0.3, -0.25) is 4.79 Å². The van der Waals surface area contributed by atoms with Gasteiger partial charge >= 0.3 is 0 Å². The number of rotatable bonds is 9. The highest BCUT2D eigenvalue weighted by Gasteiger charge is 2.31. The van der Waals surface area contributed by atoms with Crippen molar-refractivity contribution in [3.63, 3.8) is 0 Å². The van der Waals surface area contributed by atoms with Gasteiger partial charge in [0, 0.05) is 42.9 Å². The number of nitrogens with one attached hydrogen (secondary N) is 1. The van der Waals surface area contributed by atoms with Gasteiger partial charge in [0.25, 0.3) is 5.91 Å². The molecule has 0 radical (unpaired) electrons. The topological polar surface area (TPSA) is 54.7 Å². The molecule has 1 N–H and O–H groups in total. The Morgan fingerprint density at radius 3 is 2.59 bits per heavy atom. The molecule has 2 aromatic carbocycles. The van der Waals surface area contributed by atoms with Crippen LogP contribution in [0.25, 0.3) is 11.0 Å². The van der Waals surface area contributed by atoms with Crippen molar-refractivity contribution in [1.29, 1.82) is 0 Å². The molecule has 1 fully saturated rings. The monoisotopic (exact) mass is 466 g/mol. The molecule has 1 aliphatic carbocycles. The van der Waals surface area contributed by atoms with Crippen molar-refractivity contribution in [2.75, 3.05) is 26.0 Å². The van der Waals surface area contributed by atoms with Crippen LogP contribution < -0.4 is 5.32 Å². The molecule has 34 heavy (non-hydrogen) atoms. The molecular weight excluding hydrogens is 431 g/mol. The number of halogens is 1. The van der Waals surface area contributed by atoms with Crippen molar-refractivity contribution < 1.29 is 18.3 Å². The van der Waals surface area contributed by atoms with Crippen molar-refractivity contribution in [3.8, 4) is 0 Å². The van der Waals surface area contributed by atoms with Gasteiger partial charge in [0.1, 0.15) is 17.2 Å². The Balaban J connectivity index is 1.67. The fourth-order valence-corrected chi connectivity index (χ4v) is 5.10. The molecule has 0 bridgehead atoms. The zero-order chi connectivity index (χ0) is 24.1. The SMILES string of the molecule is CCCN(C)C(=O)c1ccc(NC(c2oc3ccc(F)cc3c2COC)C2CCCCC2)cc1. The zero-order valence-corrected chi connectivity index (χ0v) is 20.4. The summed E-state index contributed by atoms with van der Waals surface area (Å²) in [5, 5.41) is 4.46. The molecule has 1 heterocycles. The molecule has 1 amide bonds. The Morgan fingerprint density at radius 2 is 1.91 bits per heavy atom.